The Balaban J connectivity index is 1.76. The number of carbonyl (C=O) groups excluding carboxylic acids is 1. The largest absolute Gasteiger partial charge is 0.388 e. The molecule has 6 nitrogen and oxygen atoms in total. The first-order valence-corrected chi connectivity index (χ1v) is 8.69. The van der Waals surface area contributed by atoms with E-state index in [-0.39, 0.29) is 12.1 Å². The molecule has 25 heavy (non-hydrogen) atoms. The number of aliphatic hydroxyl groups is 1. The van der Waals surface area contributed by atoms with Gasteiger partial charge in [-0.05, 0) is 52.7 Å². The molecule has 1 aromatic carbocycles. The highest BCUT2D eigenvalue weighted by Crippen LogP contribution is 2.27. The van der Waals surface area contributed by atoms with Gasteiger partial charge in [0.1, 0.15) is 0 Å². The van der Waals surface area contributed by atoms with Crippen molar-refractivity contribution < 1.29 is 9.90 Å². The Kier molecular flexibility index (Phi) is 4.56. The van der Waals surface area contributed by atoms with Crippen molar-refractivity contribution in [2.45, 2.75) is 52.2 Å². The molecule has 0 bridgehead atoms. The lowest BCUT2D eigenvalue weighted by Crippen LogP contribution is -2.49. The minimum absolute atomic E-state index is 0.173. The lowest BCUT2D eigenvalue weighted by molar-refractivity contribution is 0.0117. The predicted molar refractivity (Wildman–Crippen MR) is 98.1 cm³/mol. The van der Waals surface area contributed by atoms with E-state index < -0.39 is 5.60 Å². The number of nitrogens with one attached hydrogen (secondary N) is 1. The first-order chi connectivity index (χ1) is 11.8. The zero-order chi connectivity index (χ0) is 18.2. The zero-order valence-electron chi connectivity index (χ0n) is 15.3. The van der Waals surface area contributed by atoms with Crippen LogP contribution in [-0.4, -0.2) is 44.0 Å². The molecule has 6 heteroatoms. The Hall–Kier alpha value is -2.34. The number of urea groups is 1. The molecular weight excluding hydrogens is 316 g/mol. The van der Waals surface area contributed by atoms with Crippen LogP contribution in [0.5, 0.6) is 0 Å². The van der Waals surface area contributed by atoms with Crippen LogP contribution < -0.4 is 5.32 Å². The van der Waals surface area contributed by atoms with Crippen molar-refractivity contribution in [1.82, 2.24) is 14.7 Å². The fourth-order valence-electron chi connectivity index (χ4n) is 3.41. The summed E-state index contributed by atoms with van der Waals surface area (Å²) in [7, 11) is 0. The van der Waals surface area contributed by atoms with Crippen molar-refractivity contribution in [2.75, 3.05) is 11.9 Å². The number of benzene rings is 1. The smallest absolute Gasteiger partial charge is 0.323 e. The molecule has 1 aliphatic rings. The van der Waals surface area contributed by atoms with Crippen molar-refractivity contribution in [3.05, 3.63) is 41.6 Å². The molecule has 1 unspecified atom stereocenters. The van der Waals surface area contributed by atoms with Crippen LogP contribution in [0.1, 0.15) is 37.9 Å². The number of aromatic nitrogens is 2. The summed E-state index contributed by atoms with van der Waals surface area (Å²) in [6.07, 6.45) is 1.71. The third kappa shape index (κ3) is 3.69. The average molecular weight is 342 g/mol. The van der Waals surface area contributed by atoms with Crippen molar-refractivity contribution in [3.8, 4) is 5.69 Å². The van der Waals surface area contributed by atoms with Gasteiger partial charge in [-0.25, -0.2) is 9.48 Å². The van der Waals surface area contributed by atoms with Crippen molar-refractivity contribution in [2.24, 2.45) is 0 Å². The molecule has 2 heterocycles. The van der Waals surface area contributed by atoms with Crippen LogP contribution in [-0.2, 0) is 0 Å². The zero-order valence-corrected chi connectivity index (χ0v) is 15.3. The molecule has 1 aliphatic heterocycles. The second-order valence-electron chi connectivity index (χ2n) is 7.35. The maximum Gasteiger partial charge on any atom is 0.323 e. The Morgan fingerprint density at radius 1 is 1.28 bits per heavy atom. The number of aryl methyl sites for hydroxylation is 2. The average Bonchev–Trinajstić information content (AvgIpc) is 3.15. The lowest BCUT2D eigenvalue weighted by atomic mass is 9.97. The molecular formula is C19H26N4O2. The van der Waals surface area contributed by atoms with E-state index in [1.807, 2.05) is 48.9 Å². The van der Waals surface area contributed by atoms with E-state index in [9.17, 15) is 9.90 Å². The van der Waals surface area contributed by atoms with Crippen LogP contribution in [0, 0.1) is 13.8 Å². The molecule has 0 radical (unpaired) electrons. The molecule has 1 saturated heterocycles. The number of hydrogen-bond acceptors (Lipinski definition) is 3. The van der Waals surface area contributed by atoms with Crippen LogP contribution in [0.3, 0.4) is 0 Å². The van der Waals surface area contributed by atoms with Gasteiger partial charge in [-0.2, -0.15) is 0 Å². The molecule has 2 amide bonds. The quantitative estimate of drug-likeness (QED) is 0.899. The number of amides is 2. The molecule has 134 valence electrons. The van der Waals surface area contributed by atoms with E-state index in [0.717, 1.165) is 24.2 Å². The Bertz CT molecular complexity index is 759. The third-order valence-corrected chi connectivity index (χ3v) is 4.73. The summed E-state index contributed by atoms with van der Waals surface area (Å²) in [5.41, 5.74) is 2.18. The highest BCUT2D eigenvalue weighted by atomic mass is 16.3. The van der Waals surface area contributed by atoms with Gasteiger partial charge in [0.05, 0.1) is 17.3 Å². The van der Waals surface area contributed by atoms with Crippen molar-refractivity contribution in [3.63, 3.8) is 0 Å². The molecule has 1 atom stereocenters. The molecule has 2 N–H and O–H groups in total. The van der Waals surface area contributed by atoms with Crippen LogP contribution in [0.2, 0.25) is 0 Å². The van der Waals surface area contributed by atoms with Gasteiger partial charge in [0, 0.05) is 18.3 Å². The minimum Gasteiger partial charge on any atom is -0.388 e. The van der Waals surface area contributed by atoms with E-state index >= 15 is 0 Å². The molecule has 0 aliphatic carbocycles. The molecule has 1 fully saturated rings. The van der Waals surface area contributed by atoms with E-state index in [0.29, 0.717) is 12.4 Å². The van der Waals surface area contributed by atoms with Gasteiger partial charge < -0.3 is 10.0 Å². The summed E-state index contributed by atoms with van der Waals surface area (Å²) >= 11 is 0. The highest BCUT2D eigenvalue weighted by molar-refractivity contribution is 5.89. The first kappa shape index (κ1) is 17.5. The molecule has 0 saturated carbocycles. The first-order valence-electron chi connectivity index (χ1n) is 8.69. The standard InChI is InChI=1S/C19H26N4O2/c1-13-7-9-15(10-8-13)23-14(2)12-17(21-23)20-18(24)22-11-5-6-16(22)19(3,4)25/h7-10,12,16,25H,5-6,11H2,1-4H3,(H,20,21,24). The number of nitrogens with zero attached hydrogens (tertiary/aromatic N) is 3. The number of hydrogen-bond donors (Lipinski definition) is 2. The fraction of sp³-hybridized carbons (Fsp3) is 0.474. The molecule has 3 rings (SSSR count). The second-order valence-corrected chi connectivity index (χ2v) is 7.35. The number of carbonyl (C=O) groups is 1. The van der Waals surface area contributed by atoms with E-state index in [2.05, 4.69) is 10.4 Å². The van der Waals surface area contributed by atoms with Crippen LogP contribution in [0.4, 0.5) is 10.6 Å². The maximum absolute atomic E-state index is 12.6. The van der Waals surface area contributed by atoms with Gasteiger partial charge >= 0.3 is 6.03 Å². The van der Waals surface area contributed by atoms with E-state index in [1.54, 1.807) is 18.7 Å². The van der Waals surface area contributed by atoms with Crippen molar-refractivity contribution >= 4 is 11.8 Å². The fourth-order valence-corrected chi connectivity index (χ4v) is 3.41. The minimum atomic E-state index is -0.912. The van der Waals surface area contributed by atoms with Gasteiger partial charge in [0.2, 0.25) is 0 Å². The lowest BCUT2D eigenvalue weighted by Gasteiger charge is -2.33. The van der Waals surface area contributed by atoms with Gasteiger partial charge in [-0.3, -0.25) is 5.32 Å². The van der Waals surface area contributed by atoms with Crippen molar-refractivity contribution in [1.29, 1.82) is 0 Å². The monoisotopic (exact) mass is 342 g/mol. The van der Waals surface area contributed by atoms with Gasteiger partial charge in [0.25, 0.3) is 0 Å². The topological polar surface area (TPSA) is 70.4 Å². The van der Waals surface area contributed by atoms with Crippen LogP contribution in [0.25, 0.3) is 5.69 Å². The third-order valence-electron chi connectivity index (χ3n) is 4.73. The number of anilines is 1. The highest BCUT2D eigenvalue weighted by Gasteiger charge is 2.38. The van der Waals surface area contributed by atoms with Crippen LogP contribution in [0.15, 0.2) is 30.3 Å². The van der Waals surface area contributed by atoms with Crippen LogP contribution >= 0.6 is 0 Å². The Morgan fingerprint density at radius 3 is 2.60 bits per heavy atom. The molecule has 1 aromatic heterocycles. The summed E-state index contributed by atoms with van der Waals surface area (Å²) in [5, 5.41) is 17.7. The summed E-state index contributed by atoms with van der Waals surface area (Å²) in [6, 6.07) is 9.55. The van der Waals surface area contributed by atoms with Gasteiger partial charge in [0.15, 0.2) is 5.82 Å². The SMILES string of the molecule is Cc1ccc(-n2nc(NC(=O)N3CCCC3C(C)(C)O)cc2C)cc1. The predicted octanol–water partition coefficient (Wildman–Crippen LogP) is 3.26. The van der Waals surface area contributed by atoms with E-state index in [1.165, 1.54) is 5.56 Å². The maximum atomic E-state index is 12.6. The Labute approximate surface area is 148 Å². The Morgan fingerprint density at radius 2 is 1.96 bits per heavy atom. The normalized spacial score (nSPS) is 17.8. The van der Waals surface area contributed by atoms with E-state index in [4.69, 9.17) is 0 Å². The second kappa shape index (κ2) is 6.52. The van der Waals surface area contributed by atoms with Gasteiger partial charge in [-0.1, -0.05) is 17.7 Å². The number of rotatable bonds is 3. The molecule has 2 aromatic rings. The molecule has 0 spiro atoms. The summed E-state index contributed by atoms with van der Waals surface area (Å²) in [6.45, 7) is 8.15. The summed E-state index contributed by atoms with van der Waals surface area (Å²) in [5.74, 6) is 0.518. The number of likely N-dealkylation sites (tertiary alicyclic amines) is 1. The van der Waals surface area contributed by atoms with Gasteiger partial charge in [-0.15, -0.1) is 5.10 Å². The summed E-state index contributed by atoms with van der Waals surface area (Å²) < 4.78 is 1.81. The summed E-state index contributed by atoms with van der Waals surface area (Å²) in [4.78, 5) is 14.3.